The number of nitrogens with two attached hydrogens (primary N) is 1. The molecule has 2 heterocycles. The van der Waals surface area contributed by atoms with Crippen LogP contribution in [0.15, 0.2) is 60.9 Å². The van der Waals surface area contributed by atoms with Gasteiger partial charge in [0, 0.05) is 23.5 Å². The number of pyridine rings is 2. The highest BCUT2D eigenvalue weighted by atomic mass is 35.5. The Bertz CT molecular complexity index is 834. The number of rotatable bonds is 3. The minimum absolute atomic E-state index is 0.372. The third-order valence-corrected chi connectivity index (χ3v) is 3.58. The Morgan fingerprint density at radius 2 is 1.82 bits per heavy atom. The predicted molar refractivity (Wildman–Crippen MR) is 86.4 cm³/mol. The van der Waals surface area contributed by atoms with Gasteiger partial charge in [-0.2, -0.15) is 0 Å². The van der Waals surface area contributed by atoms with Crippen molar-refractivity contribution in [2.24, 2.45) is 5.73 Å². The normalized spacial score (nSPS) is 10.4. The van der Waals surface area contributed by atoms with Crippen molar-refractivity contribution in [2.75, 3.05) is 0 Å². The quantitative estimate of drug-likeness (QED) is 0.804. The number of hydrogen-bond acceptors (Lipinski definition) is 3. The number of aromatic nitrogens is 2. The third kappa shape index (κ3) is 2.69. The fourth-order valence-corrected chi connectivity index (χ4v) is 2.44. The highest BCUT2D eigenvalue weighted by Crippen LogP contribution is 2.31. The summed E-state index contributed by atoms with van der Waals surface area (Å²) in [7, 11) is 0. The highest BCUT2D eigenvalue weighted by Gasteiger charge is 2.13. The summed E-state index contributed by atoms with van der Waals surface area (Å²) < 4.78 is 0. The standard InChI is InChI=1S/C17H12ClN3O/c18-14-7-6-11(10-13(14)15-5-1-2-8-20-15)16-12(17(19)22)4-3-9-21-16/h1-10H,(H2,19,22). The topological polar surface area (TPSA) is 68.9 Å². The number of amides is 1. The van der Waals surface area contributed by atoms with Crippen molar-refractivity contribution in [1.29, 1.82) is 0 Å². The first-order valence-corrected chi connectivity index (χ1v) is 7.01. The molecule has 1 amide bonds. The van der Waals surface area contributed by atoms with Crippen molar-refractivity contribution in [3.8, 4) is 22.5 Å². The molecule has 0 aliphatic heterocycles. The van der Waals surface area contributed by atoms with E-state index in [1.807, 2.05) is 30.3 Å². The first-order chi connectivity index (χ1) is 10.7. The molecule has 0 radical (unpaired) electrons. The van der Waals surface area contributed by atoms with Crippen LogP contribution in [0.25, 0.3) is 22.5 Å². The zero-order valence-corrected chi connectivity index (χ0v) is 12.3. The summed E-state index contributed by atoms with van der Waals surface area (Å²) in [4.78, 5) is 20.1. The molecule has 0 aliphatic rings. The summed E-state index contributed by atoms with van der Waals surface area (Å²) in [5.74, 6) is -0.516. The van der Waals surface area contributed by atoms with Crippen LogP contribution >= 0.6 is 11.6 Å². The lowest BCUT2D eigenvalue weighted by molar-refractivity contribution is 0.100. The monoisotopic (exact) mass is 309 g/mol. The van der Waals surface area contributed by atoms with Crippen LogP contribution in [0, 0.1) is 0 Å². The smallest absolute Gasteiger partial charge is 0.250 e. The largest absolute Gasteiger partial charge is 0.366 e. The second kappa shape index (κ2) is 5.95. The van der Waals surface area contributed by atoms with Gasteiger partial charge in [0.2, 0.25) is 0 Å². The minimum atomic E-state index is -0.516. The summed E-state index contributed by atoms with van der Waals surface area (Å²) in [5.41, 5.74) is 8.61. The molecule has 2 N–H and O–H groups in total. The zero-order chi connectivity index (χ0) is 15.5. The molecule has 108 valence electrons. The van der Waals surface area contributed by atoms with Crippen LogP contribution in [-0.4, -0.2) is 15.9 Å². The van der Waals surface area contributed by atoms with Crippen molar-refractivity contribution in [2.45, 2.75) is 0 Å². The first kappa shape index (κ1) is 14.2. The molecule has 3 aromatic rings. The average molecular weight is 310 g/mol. The van der Waals surface area contributed by atoms with Crippen molar-refractivity contribution in [1.82, 2.24) is 9.97 Å². The van der Waals surface area contributed by atoms with Crippen molar-refractivity contribution >= 4 is 17.5 Å². The highest BCUT2D eigenvalue weighted by molar-refractivity contribution is 6.33. The molecule has 0 atom stereocenters. The lowest BCUT2D eigenvalue weighted by atomic mass is 10.0. The first-order valence-electron chi connectivity index (χ1n) is 6.63. The molecule has 1 aromatic carbocycles. The molecule has 0 saturated carbocycles. The molecule has 2 aromatic heterocycles. The van der Waals surface area contributed by atoms with E-state index < -0.39 is 5.91 Å². The second-order valence-corrected chi connectivity index (χ2v) is 5.08. The van der Waals surface area contributed by atoms with Crippen molar-refractivity contribution in [3.63, 3.8) is 0 Å². The maximum Gasteiger partial charge on any atom is 0.250 e. The van der Waals surface area contributed by atoms with Gasteiger partial charge >= 0.3 is 0 Å². The molecule has 0 unspecified atom stereocenters. The molecular weight excluding hydrogens is 298 g/mol. The predicted octanol–water partition coefficient (Wildman–Crippen LogP) is 3.56. The van der Waals surface area contributed by atoms with E-state index in [9.17, 15) is 4.79 Å². The second-order valence-electron chi connectivity index (χ2n) is 4.67. The number of halogens is 1. The van der Waals surface area contributed by atoms with Crippen LogP contribution in [0.3, 0.4) is 0 Å². The molecule has 0 fully saturated rings. The number of carbonyl (C=O) groups excluding carboxylic acids is 1. The molecule has 0 spiro atoms. The van der Waals surface area contributed by atoms with E-state index in [-0.39, 0.29) is 0 Å². The van der Waals surface area contributed by atoms with Gasteiger partial charge in [0.05, 0.1) is 22.0 Å². The average Bonchev–Trinajstić information content (AvgIpc) is 2.56. The summed E-state index contributed by atoms with van der Waals surface area (Å²) in [6.07, 6.45) is 3.32. The Morgan fingerprint density at radius 3 is 2.55 bits per heavy atom. The van der Waals surface area contributed by atoms with Gasteiger partial charge in [0.25, 0.3) is 5.91 Å². The van der Waals surface area contributed by atoms with Crippen molar-refractivity contribution in [3.05, 3.63) is 71.5 Å². The van der Waals surface area contributed by atoms with Gasteiger partial charge in [-0.1, -0.05) is 23.7 Å². The van der Waals surface area contributed by atoms with E-state index in [0.717, 1.165) is 16.8 Å². The van der Waals surface area contributed by atoms with Gasteiger partial charge in [0.15, 0.2) is 0 Å². The van der Waals surface area contributed by atoms with E-state index in [1.165, 1.54) is 0 Å². The van der Waals surface area contributed by atoms with Crippen LogP contribution < -0.4 is 5.73 Å². The lowest BCUT2D eigenvalue weighted by Crippen LogP contribution is -2.13. The Labute approximate surface area is 132 Å². The molecule has 22 heavy (non-hydrogen) atoms. The van der Waals surface area contributed by atoms with Gasteiger partial charge < -0.3 is 5.73 Å². The number of benzene rings is 1. The van der Waals surface area contributed by atoms with Crippen LogP contribution in [0.2, 0.25) is 5.02 Å². The summed E-state index contributed by atoms with van der Waals surface area (Å²) in [6.45, 7) is 0. The number of primary amides is 1. The van der Waals surface area contributed by atoms with Crippen molar-refractivity contribution < 1.29 is 4.79 Å². The van der Waals surface area contributed by atoms with Gasteiger partial charge in [0.1, 0.15) is 0 Å². The fourth-order valence-electron chi connectivity index (χ4n) is 2.23. The summed E-state index contributed by atoms with van der Waals surface area (Å²) >= 11 is 6.27. The Kier molecular flexibility index (Phi) is 3.85. The zero-order valence-electron chi connectivity index (χ0n) is 11.5. The molecule has 5 heteroatoms. The van der Waals surface area contributed by atoms with Gasteiger partial charge in [-0.15, -0.1) is 0 Å². The van der Waals surface area contributed by atoms with Gasteiger partial charge in [-0.25, -0.2) is 0 Å². The summed E-state index contributed by atoms with van der Waals surface area (Å²) in [5, 5.41) is 0.582. The number of hydrogen-bond donors (Lipinski definition) is 1. The maximum absolute atomic E-state index is 11.6. The van der Waals surface area contributed by atoms with E-state index in [4.69, 9.17) is 17.3 Å². The van der Waals surface area contributed by atoms with E-state index in [0.29, 0.717) is 16.3 Å². The summed E-state index contributed by atoms with van der Waals surface area (Å²) in [6, 6.07) is 14.4. The molecule has 0 saturated heterocycles. The van der Waals surface area contributed by atoms with Gasteiger partial charge in [-0.3, -0.25) is 14.8 Å². The minimum Gasteiger partial charge on any atom is -0.366 e. The van der Waals surface area contributed by atoms with Gasteiger partial charge in [-0.05, 0) is 36.4 Å². The third-order valence-electron chi connectivity index (χ3n) is 3.25. The van der Waals surface area contributed by atoms with Crippen LogP contribution in [0.5, 0.6) is 0 Å². The lowest BCUT2D eigenvalue weighted by Gasteiger charge is -2.09. The molecule has 0 bridgehead atoms. The van der Waals surface area contributed by atoms with E-state index >= 15 is 0 Å². The Morgan fingerprint density at radius 1 is 1.00 bits per heavy atom. The number of nitrogens with zero attached hydrogens (tertiary/aromatic N) is 2. The molecular formula is C17H12ClN3O. The molecule has 3 rings (SSSR count). The Balaban J connectivity index is 2.17. The SMILES string of the molecule is NC(=O)c1cccnc1-c1ccc(Cl)c(-c2ccccn2)c1. The molecule has 0 aliphatic carbocycles. The van der Waals surface area contributed by atoms with E-state index in [2.05, 4.69) is 9.97 Å². The number of carbonyl (C=O) groups is 1. The Hall–Kier alpha value is -2.72. The maximum atomic E-state index is 11.6. The van der Waals surface area contributed by atoms with E-state index in [1.54, 1.807) is 30.6 Å². The fraction of sp³-hybridized carbons (Fsp3) is 0. The molecule has 4 nitrogen and oxygen atoms in total. The van der Waals surface area contributed by atoms with Crippen LogP contribution in [0.4, 0.5) is 0 Å². The van der Waals surface area contributed by atoms with Crippen LogP contribution in [0.1, 0.15) is 10.4 Å². The van der Waals surface area contributed by atoms with Crippen LogP contribution in [-0.2, 0) is 0 Å².